The van der Waals surface area contributed by atoms with Crippen LogP contribution in [0.4, 0.5) is 0 Å². The minimum absolute atomic E-state index is 0.356. The number of aromatic nitrogens is 1. The van der Waals surface area contributed by atoms with Gasteiger partial charge in [0.15, 0.2) is 0 Å². The fourth-order valence-electron chi connectivity index (χ4n) is 4.03. The summed E-state index contributed by atoms with van der Waals surface area (Å²) < 4.78 is 11.3. The highest BCUT2D eigenvalue weighted by Crippen LogP contribution is 2.54. The number of pyridine rings is 1. The van der Waals surface area contributed by atoms with Crippen LogP contribution in [0.3, 0.4) is 0 Å². The number of ether oxygens (including phenoxy) is 1. The average Bonchev–Trinajstić information content (AvgIpc) is 3.06. The monoisotopic (exact) mass is 298 g/mol. The van der Waals surface area contributed by atoms with Gasteiger partial charge in [0.1, 0.15) is 5.76 Å². The van der Waals surface area contributed by atoms with Crippen LogP contribution in [-0.2, 0) is 11.2 Å². The third-order valence-corrected chi connectivity index (χ3v) is 5.20. The molecule has 4 rings (SSSR count). The molecule has 0 amide bonds. The number of nitrogens with zero attached hydrogens (tertiary/aromatic N) is 2. The lowest BCUT2D eigenvalue weighted by Gasteiger charge is -2.58. The van der Waals surface area contributed by atoms with Crippen molar-refractivity contribution in [2.24, 2.45) is 5.41 Å². The van der Waals surface area contributed by atoms with E-state index in [1.807, 2.05) is 18.5 Å². The van der Waals surface area contributed by atoms with Crippen molar-refractivity contribution in [2.75, 3.05) is 26.3 Å². The second-order valence-electron chi connectivity index (χ2n) is 6.47. The molecule has 0 unspecified atom stereocenters. The highest BCUT2D eigenvalue weighted by molar-refractivity contribution is 5.18. The summed E-state index contributed by atoms with van der Waals surface area (Å²) in [7, 11) is 0. The maximum atomic E-state index is 5.75. The first-order valence-corrected chi connectivity index (χ1v) is 8.12. The predicted molar refractivity (Wildman–Crippen MR) is 83.4 cm³/mol. The van der Waals surface area contributed by atoms with Crippen LogP contribution >= 0.6 is 0 Å². The normalized spacial score (nSPS) is 24.3. The van der Waals surface area contributed by atoms with Gasteiger partial charge in [-0.25, -0.2) is 0 Å². The maximum Gasteiger partial charge on any atom is 0.121 e. The molecular weight excluding hydrogens is 276 g/mol. The molecule has 0 aromatic carbocycles. The Morgan fingerprint density at radius 1 is 1.18 bits per heavy atom. The van der Waals surface area contributed by atoms with E-state index < -0.39 is 0 Å². The molecule has 0 saturated carbocycles. The van der Waals surface area contributed by atoms with Crippen LogP contribution in [0.15, 0.2) is 47.3 Å². The predicted octanol–water partition coefficient (Wildman–Crippen LogP) is 3.07. The van der Waals surface area contributed by atoms with Crippen molar-refractivity contribution >= 4 is 0 Å². The van der Waals surface area contributed by atoms with Gasteiger partial charge in [-0.3, -0.25) is 9.88 Å². The molecule has 0 N–H and O–H groups in total. The van der Waals surface area contributed by atoms with E-state index in [1.54, 1.807) is 6.26 Å². The van der Waals surface area contributed by atoms with Crippen molar-refractivity contribution in [3.8, 4) is 0 Å². The average molecular weight is 298 g/mol. The molecule has 0 radical (unpaired) electrons. The lowest BCUT2D eigenvalue weighted by Crippen LogP contribution is -2.60. The number of likely N-dealkylation sites (tertiary alicyclic amines) is 1. The molecule has 2 aromatic rings. The number of hydrogen-bond acceptors (Lipinski definition) is 4. The highest BCUT2D eigenvalue weighted by Gasteiger charge is 2.54. The van der Waals surface area contributed by atoms with Gasteiger partial charge >= 0.3 is 0 Å². The van der Waals surface area contributed by atoms with Gasteiger partial charge < -0.3 is 9.15 Å². The number of hydrogen-bond donors (Lipinski definition) is 0. The first-order valence-electron chi connectivity index (χ1n) is 8.12. The topological polar surface area (TPSA) is 38.5 Å². The Labute approximate surface area is 131 Å². The third kappa shape index (κ3) is 2.46. The van der Waals surface area contributed by atoms with Gasteiger partial charge in [-0.05, 0) is 49.1 Å². The van der Waals surface area contributed by atoms with Gasteiger partial charge in [0.05, 0.1) is 12.3 Å². The van der Waals surface area contributed by atoms with Crippen LogP contribution in [0.2, 0.25) is 0 Å². The molecule has 2 aromatic heterocycles. The molecule has 4 nitrogen and oxygen atoms in total. The molecule has 4 heterocycles. The molecule has 22 heavy (non-hydrogen) atoms. The summed E-state index contributed by atoms with van der Waals surface area (Å²) in [6.07, 6.45) is 8.88. The van der Waals surface area contributed by atoms with Crippen LogP contribution in [0.5, 0.6) is 0 Å². The Hall–Kier alpha value is -1.65. The van der Waals surface area contributed by atoms with E-state index in [2.05, 4.69) is 28.1 Å². The fraction of sp³-hybridized carbons (Fsp3) is 0.500. The summed E-state index contributed by atoms with van der Waals surface area (Å²) in [5.74, 6) is 1.11. The molecule has 1 atom stereocenters. The van der Waals surface area contributed by atoms with Gasteiger partial charge in [0.25, 0.3) is 0 Å². The summed E-state index contributed by atoms with van der Waals surface area (Å²) in [6, 6.07) is 8.74. The minimum Gasteiger partial charge on any atom is -0.468 e. The lowest BCUT2D eigenvalue weighted by atomic mass is 9.65. The summed E-state index contributed by atoms with van der Waals surface area (Å²) in [5.41, 5.74) is 1.70. The van der Waals surface area contributed by atoms with Gasteiger partial charge in [0.2, 0.25) is 0 Å². The molecule has 2 aliphatic heterocycles. The standard InChI is InChI=1S/C18H22N2O2/c1-2-16(22-11-1)17-18(6-12-21-13-7-18)14-20(17)10-5-15-3-8-19-9-4-15/h1-4,8-9,11,17H,5-7,10,12-14H2/t17-/m0/s1. The second kappa shape index (κ2) is 5.86. The van der Waals surface area contributed by atoms with Crippen molar-refractivity contribution in [3.63, 3.8) is 0 Å². The summed E-state index contributed by atoms with van der Waals surface area (Å²) in [6.45, 7) is 4.00. The first kappa shape index (κ1) is 14.0. The smallest absolute Gasteiger partial charge is 0.121 e. The number of rotatable bonds is 4. The van der Waals surface area contributed by atoms with Crippen LogP contribution in [0.1, 0.15) is 30.2 Å². The van der Waals surface area contributed by atoms with E-state index in [9.17, 15) is 0 Å². The van der Waals surface area contributed by atoms with Gasteiger partial charge in [-0.2, -0.15) is 0 Å². The van der Waals surface area contributed by atoms with Gasteiger partial charge in [-0.15, -0.1) is 0 Å². The van der Waals surface area contributed by atoms with E-state index in [4.69, 9.17) is 9.15 Å². The summed E-state index contributed by atoms with van der Waals surface area (Å²) in [4.78, 5) is 6.65. The van der Waals surface area contributed by atoms with Crippen molar-refractivity contribution in [3.05, 3.63) is 54.2 Å². The Balaban J connectivity index is 1.48. The van der Waals surface area contributed by atoms with Crippen molar-refractivity contribution in [2.45, 2.75) is 25.3 Å². The SMILES string of the molecule is c1coc([C@@H]2N(CCc3ccncc3)CC23CCOCC3)c1. The van der Waals surface area contributed by atoms with Crippen molar-refractivity contribution in [1.29, 1.82) is 0 Å². The van der Waals surface area contributed by atoms with Crippen LogP contribution in [-0.4, -0.2) is 36.2 Å². The zero-order valence-corrected chi connectivity index (χ0v) is 12.8. The quantitative estimate of drug-likeness (QED) is 0.869. The van der Waals surface area contributed by atoms with Crippen molar-refractivity contribution < 1.29 is 9.15 Å². The summed E-state index contributed by atoms with van der Waals surface area (Å²) in [5, 5.41) is 0. The van der Waals surface area contributed by atoms with E-state index in [1.165, 1.54) is 5.56 Å². The minimum atomic E-state index is 0.356. The molecule has 1 spiro atoms. The van der Waals surface area contributed by atoms with E-state index >= 15 is 0 Å². The zero-order chi connectivity index (χ0) is 14.8. The van der Waals surface area contributed by atoms with E-state index in [0.717, 1.165) is 51.3 Å². The Morgan fingerprint density at radius 2 is 2.00 bits per heavy atom. The molecule has 2 aliphatic rings. The largest absolute Gasteiger partial charge is 0.468 e. The Morgan fingerprint density at radius 3 is 2.73 bits per heavy atom. The zero-order valence-electron chi connectivity index (χ0n) is 12.8. The Bertz CT molecular complexity index is 591. The van der Waals surface area contributed by atoms with Gasteiger partial charge in [0, 0.05) is 44.1 Å². The molecule has 116 valence electrons. The third-order valence-electron chi connectivity index (χ3n) is 5.20. The van der Waals surface area contributed by atoms with E-state index in [0.29, 0.717) is 11.5 Å². The molecular formula is C18H22N2O2. The second-order valence-corrected chi connectivity index (χ2v) is 6.47. The molecule has 2 fully saturated rings. The van der Waals surface area contributed by atoms with Crippen molar-refractivity contribution in [1.82, 2.24) is 9.88 Å². The first-order chi connectivity index (χ1) is 10.9. The van der Waals surface area contributed by atoms with Gasteiger partial charge in [-0.1, -0.05) is 0 Å². The molecule has 0 bridgehead atoms. The molecule has 0 aliphatic carbocycles. The summed E-state index contributed by atoms with van der Waals surface area (Å²) >= 11 is 0. The van der Waals surface area contributed by atoms with Crippen LogP contribution < -0.4 is 0 Å². The van der Waals surface area contributed by atoms with Crippen LogP contribution in [0, 0.1) is 5.41 Å². The Kier molecular flexibility index (Phi) is 3.72. The molecule has 2 saturated heterocycles. The van der Waals surface area contributed by atoms with Crippen LogP contribution in [0.25, 0.3) is 0 Å². The maximum absolute atomic E-state index is 5.75. The van der Waals surface area contributed by atoms with E-state index in [-0.39, 0.29) is 0 Å². The number of furan rings is 1. The fourth-order valence-corrected chi connectivity index (χ4v) is 4.03. The molecule has 4 heteroatoms. The lowest BCUT2D eigenvalue weighted by molar-refractivity contribution is -0.141. The highest BCUT2D eigenvalue weighted by atomic mass is 16.5.